The maximum absolute atomic E-state index is 12.7. The van der Waals surface area contributed by atoms with Crippen LogP contribution in [0, 0.1) is 6.92 Å². The van der Waals surface area contributed by atoms with Gasteiger partial charge in [-0.1, -0.05) is 29.0 Å². The molecule has 0 spiro atoms. The maximum atomic E-state index is 12.7. The number of aromatic nitrogens is 1. The van der Waals surface area contributed by atoms with Crippen LogP contribution in [0.1, 0.15) is 15.9 Å². The number of anilines is 2. The van der Waals surface area contributed by atoms with E-state index >= 15 is 0 Å². The number of nitrogens with one attached hydrogen (secondary N) is 2. The van der Waals surface area contributed by atoms with Crippen LogP contribution in [0.5, 0.6) is 11.5 Å². The van der Waals surface area contributed by atoms with Crippen molar-refractivity contribution < 1.29 is 22.7 Å². The summed E-state index contributed by atoms with van der Waals surface area (Å²) in [4.78, 5) is 17.2. The largest absolute Gasteiger partial charge is 0.497 e. The molecule has 0 saturated carbocycles. The molecule has 8 nitrogen and oxygen atoms in total. The number of carbonyl (C=O) groups excluding carboxylic acids is 1. The van der Waals surface area contributed by atoms with E-state index in [9.17, 15) is 13.2 Å². The number of hydrogen-bond donors (Lipinski definition) is 2. The number of carbonyl (C=O) groups is 1. The summed E-state index contributed by atoms with van der Waals surface area (Å²) in [5.41, 5.74) is 2.51. The fourth-order valence-electron chi connectivity index (χ4n) is 3.08. The summed E-state index contributed by atoms with van der Waals surface area (Å²) >= 11 is 1.18. The first-order valence-corrected chi connectivity index (χ1v) is 12.1. The van der Waals surface area contributed by atoms with Gasteiger partial charge in [-0.25, -0.2) is 13.4 Å². The fourth-order valence-corrected chi connectivity index (χ4v) is 5.22. The molecule has 0 aliphatic carbocycles. The lowest BCUT2D eigenvalue weighted by Crippen LogP contribution is -2.12. The minimum absolute atomic E-state index is 0.161. The quantitative estimate of drug-likeness (QED) is 0.395. The lowest BCUT2D eigenvalue weighted by molar-refractivity contribution is 0.102. The van der Waals surface area contributed by atoms with Crippen LogP contribution in [-0.2, 0) is 10.0 Å². The van der Waals surface area contributed by atoms with E-state index in [0.29, 0.717) is 28.3 Å². The molecule has 0 saturated heterocycles. The first-order chi connectivity index (χ1) is 15.8. The molecule has 0 aliphatic rings. The average molecular weight is 484 g/mol. The smallest absolute Gasteiger partial charge is 0.263 e. The molecule has 4 aromatic rings. The highest BCUT2D eigenvalue weighted by Crippen LogP contribution is 2.30. The first-order valence-electron chi connectivity index (χ1n) is 9.82. The molecule has 0 radical (unpaired) electrons. The Morgan fingerprint density at radius 1 is 0.939 bits per heavy atom. The van der Waals surface area contributed by atoms with E-state index < -0.39 is 10.0 Å². The van der Waals surface area contributed by atoms with E-state index in [2.05, 4.69) is 15.0 Å². The lowest BCUT2D eigenvalue weighted by Gasteiger charge is -2.09. The predicted molar refractivity (Wildman–Crippen MR) is 129 cm³/mol. The Morgan fingerprint density at radius 3 is 2.24 bits per heavy atom. The summed E-state index contributed by atoms with van der Waals surface area (Å²) in [5, 5.41) is 3.07. The van der Waals surface area contributed by atoms with E-state index in [1.165, 1.54) is 25.6 Å². The Hall–Kier alpha value is -3.63. The zero-order chi connectivity index (χ0) is 23.6. The highest BCUT2D eigenvalue weighted by Gasteiger charge is 2.17. The molecule has 1 heterocycles. The summed E-state index contributed by atoms with van der Waals surface area (Å²) in [6.45, 7) is 1.89. The molecular weight excluding hydrogens is 462 g/mol. The number of fused-ring (bicyclic) bond motifs is 1. The van der Waals surface area contributed by atoms with Crippen molar-refractivity contribution >= 4 is 48.3 Å². The second-order valence-corrected chi connectivity index (χ2v) is 9.89. The highest BCUT2D eigenvalue weighted by molar-refractivity contribution is 7.93. The van der Waals surface area contributed by atoms with Crippen LogP contribution in [0.25, 0.3) is 10.2 Å². The van der Waals surface area contributed by atoms with Crippen LogP contribution < -0.4 is 19.5 Å². The third-order valence-electron chi connectivity index (χ3n) is 4.81. The van der Waals surface area contributed by atoms with Gasteiger partial charge < -0.3 is 14.8 Å². The molecule has 2 N–H and O–H groups in total. The van der Waals surface area contributed by atoms with Crippen molar-refractivity contribution in [3.63, 3.8) is 0 Å². The second kappa shape index (κ2) is 9.08. The van der Waals surface area contributed by atoms with E-state index in [4.69, 9.17) is 9.47 Å². The topological polar surface area (TPSA) is 107 Å². The van der Waals surface area contributed by atoms with Crippen molar-refractivity contribution in [3.05, 3.63) is 71.8 Å². The van der Waals surface area contributed by atoms with E-state index in [1.807, 2.05) is 6.92 Å². The number of thiazole rings is 1. The fraction of sp³-hybridized carbons (Fsp3) is 0.130. The van der Waals surface area contributed by atoms with Gasteiger partial charge in [-0.15, -0.1) is 0 Å². The Labute approximate surface area is 195 Å². The monoisotopic (exact) mass is 483 g/mol. The molecule has 1 amide bonds. The number of amides is 1. The Bertz CT molecular complexity index is 1410. The van der Waals surface area contributed by atoms with Crippen LogP contribution in [0.3, 0.4) is 0 Å². The molecule has 0 aliphatic heterocycles. The van der Waals surface area contributed by atoms with Crippen molar-refractivity contribution in [1.82, 2.24) is 4.98 Å². The van der Waals surface area contributed by atoms with Crippen LogP contribution in [0.15, 0.2) is 65.6 Å². The molecule has 33 heavy (non-hydrogen) atoms. The number of ether oxygens (including phenoxy) is 2. The molecule has 4 rings (SSSR count). The van der Waals surface area contributed by atoms with Gasteiger partial charge >= 0.3 is 0 Å². The van der Waals surface area contributed by atoms with Crippen molar-refractivity contribution in [1.29, 1.82) is 0 Å². The number of hydrogen-bond acceptors (Lipinski definition) is 7. The number of aryl methyl sites for hydroxylation is 1. The standard InChI is InChI=1S/C23H21N3O5S2/c1-14-4-7-19(8-5-14)33(28,29)26-23-25-20-9-6-16(12-21(20)32-23)24-22(27)15-10-17(30-2)13-18(11-15)31-3/h4-13H,1-3H3,(H,24,27)(H,25,26). The summed E-state index contributed by atoms with van der Waals surface area (Å²) < 4.78 is 38.9. The van der Waals surface area contributed by atoms with Gasteiger partial charge in [-0.05, 0) is 49.4 Å². The van der Waals surface area contributed by atoms with Gasteiger partial charge in [0.2, 0.25) is 0 Å². The van der Waals surface area contributed by atoms with Gasteiger partial charge in [-0.2, -0.15) is 0 Å². The number of methoxy groups -OCH3 is 2. The predicted octanol–water partition coefficient (Wildman–Crippen LogP) is 4.68. The van der Waals surface area contributed by atoms with Crippen LogP contribution in [0.4, 0.5) is 10.8 Å². The molecule has 0 atom stereocenters. The highest BCUT2D eigenvalue weighted by atomic mass is 32.2. The molecule has 10 heteroatoms. The molecule has 3 aromatic carbocycles. The summed E-state index contributed by atoms with van der Waals surface area (Å²) in [5.74, 6) is 0.669. The maximum Gasteiger partial charge on any atom is 0.263 e. The van der Waals surface area contributed by atoms with Gasteiger partial charge in [0.1, 0.15) is 11.5 Å². The first kappa shape index (κ1) is 22.6. The summed E-state index contributed by atoms with van der Waals surface area (Å²) in [7, 11) is -0.726. The Morgan fingerprint density at radius 2 is 1.61 bits per heavy atom. The van der Waals surface area contributed by atoms with Crippen molar-refractivity contribution in [3.8, 4) is 11.5 Å². The van der Waals surface area contributed by atoms with Gasteiger partial charge in [0.25, 0.3) is 15.9 Å². The van der Waals surface area contributed by atoms with Crippen LogP contribution >= 0.6 is 11.3 Å². The number of benzene rings is 3. The third kappa shape index (κ3) is 5.07. The summed E-state index contributed by atoms with van der Waals surface area (Å²) in [6.07, 6.45) is 0. The van der Waals surface area contributed by atoms with Crippen LogP contribution in [0.2, 0.25) is 0 Å². The SMILES string of the molecule is COc1cc(OC)cc(C(=O)Nc2ccc3nc(NS(=O)(=O)c4ccc(C)cc4)sc3c2)c1. The zero-order valence-electron chi connectivity index (χ0n) is 18.1. The van der Waals surface area contributed by atoms with Crippen LogP contribution in [-0.4, -0.2) is 33.5 Å². The third-order valence-corrected chi connectivity index (χ3v) is 7.23. The number of nitrogens with zero attached hydrogens (tertiary/aromatic N) is 1. The van der Waals surface area contributed by atoms with Gasteiger partial charge in [0, 0.05) is 17.3 Å². The van der Waals surface area contributed by atoms with Crippen molar-refractivity contribution in [2.75, 3.05) is 24.3 Å². The minimum atomic E-state index is -3.75. The number of sulfonamides is 1. The van der Waals surface area contributed by atoms with Gasteiger partial charge in [-0.3, -0.25) is 9.52 Å². The average Bonchev–Trinajstić information content (AvgIpc) is 3.19. The van der Waals surface area contributed by atoms with E-state index in [0.717, 1.165) is 10.3 Å². The van der Waals surface area contributed by atoms with E-state index in [-0.39, 0.29) is 15.9 Å². The Balaban J connectivity index is 1.55. The zero-order valence-corrected chi connectivity index (χ0v) is 19.7. The van der Waals surface area contributed by atoms with Gasteiger partial charge in [0.15, 0.2) is 5.13 Å². The molecule has 0 fully saturated rings. The number of rotatable bonds is 7. The molecule has 0 bridgehead atoms. The molecule has 1 aromatic heterocycles. The van der Waals surface area contributed by atoms with Gasteiger partial charge in [0.05, 0.1) is 29.3 Å². The van der Waals surface area contributed by atoms with Crippen molar-refractivity contribution in [2.24, 2.45) is 0 Å². The minimum Gasteiger partial charge on any atom is -0.497 e. The summed E-state index contributed by atoms with van der Waals surface area (Å²) in [6, 6.07) is 16.6. The molecule has 170 valence electrons. The molecule has 0 unspecified atom stereocenters. The van der Waals surface area contributed by atoms with E-state index in [1.54, 1.807) is 60.7 Å². The molecular formula is C23H21N3O5S2. The van der Waals surface area contributed by atoms with Crippen molar-refractivity contribution in [2.45, 2.75) is 11.8 Å². The normalized spacial score (nSPS) is 11.2. The Kier molecular flexibility index (Phi) is 6.21. The lowest BCUT2D eigenvalue weighted by atomic mass is 10.1. The second-order valence-electron chi connectivity index (χ2n) is 7.18.